The molecule has 0 aliphatic rings. The lowest BCUT2D eigenvalue weighted by atomic mass is 10.0. The Bertz CT molecular complexity index is 951. The SMILES string of the molecule is COc1ccc(S(=O)(=O)N[C@@H](C)C(=O)Nc2c(C)cc(C)cc2C)cc1Cl. The number of amides is 1. The highest BCUT2D eigenvalue weighted by molar-refractivity contribution is 7.89. The Morgan fingerprint density at radius 3 is 2.22 bits per heavy atom. The summed E-state index contributed by atoms with van der Waals surface area (Å²) < 4.78 is 32.5. The molecule has 6 nitrogen and oxygen atoms in total. The monoisotopic (exact) mass is 410 g/mol. The maximum Gasteiger partial charge on any atom is 0.242 e. The second kappa shape index (κ2) is 8.29. The van der Waals surface area contributed by atoms with Gasteiger partial charge in [0.05, 0.1) is 23.1 Å². The molecule has 0 saturated heterocycles. The van der Waals surface area contributed by atoms with Crippen molar-refractivity contribution in [3.63, 3.8) is 0 Å². The summed E-state index contributed by atoms with van der Waals surface area (Å²) in [5.41, 5.74) is 3.60. The standard InChI is InChI=1S/C19H23ClN2O4S/c1-11-8-12(2)18(13(3)9-11)21-19(23)14(4)22-27(24,25)15-6-7-17(26-5)16(20)10-15/h6-10,14,22H,1-5H3,(H,21,23)/t14-/m0/s1. The van der Waals surface area contributed by atoms with Crippen LogP contribution < -0.4 is 14.8 Å². The van der Waals surface area contributed by atoms with Crippen molar-refractivity contribution in [1.82, 2.24) is 4.72 Å². The van der Waals surface area contributed by atoms with E-state index in [0.717, 1.165) is 16.7 Å². The number of benzene rings is 2. The number of sulfonamides is 1. The molecule has 0 radical (unpaired) electrons. The van der Waals surface area contributed by atoms with E-state index < -0.39 is 22.0 Å². The average molecular weight is 411 g/mol. The first-order valence-electron chi connectivity index (χ1n) is 8.29. The molecule has 2 aromatic rings. The third-order valence-electron chi connectivity index (χ3n) is 4.08. The van der Waals surface area contributed by atoms with Crippen LogP contribution in [0.15, 0.2) is 35.2 Å². The fourth-order valence-electron chi connectivity index (χ4n) is 2.78. The van der Waals surface area contributed by atoms with Crippen molar-refractivity contribution in [3.05, 3.63) is 52.0 Å². The van der Waals surface area contributed by atoms with Crippen molar-refractivity contribution in [1.29, 1.82) is 0 Å². The normalized spacial score (nSPS) is 12.5. The Morgan fingerprint density at radius 1 is 1.11 bits per heavy atom. The predicted octanol–water partition coefficient (Wildman–Crippen LogP) is 3.58. The lowest BCUT2D eigenvalue weighted by Gasteiger charge is -2.17. The van der Waals surface area contributed by atoms with Gasteiger partial charge in [-0.25, -0.2) is 8.42 Å². The quantitative estimate of drug-likeness (QED) is 0.762. The molecule has 0 unspecified atom stereocenters. The van der Waals surface area contributed by atoms with Crippen LogP contribution in [0.2, 0.25) is 5.02 Å². The molecule has 0 fully saturated rings. The van der Waals surface area contributed by atoms with Gasteiger partial charge in [-0.05, 0) is 57.0 Å². The first kappa shape index (κ1) is 21.2. The van der Waals surface area contributed by atoms with Crippen molar-refractivity contribution in [2.24, 2.45) is 0 Å². The summed E-state index contributed by atoms with van der Waals surface area (Å²) in [6, 6.07) is 7.04. The van der Waals surface area contributed by atoms with Crippen molar-refractivity contribution in [3.8, 4) is 5.75 Å². The van der Waals surface area contributed by atoms with Crippen LogP contribution in [-0.4, -0.2) is 27.5 Å². The lowest BCUT2D eigenvalue weighted by molar-refractivity contribution is -0.117. The molecular formula is C19H23ClN2O4S. The first-order chi connectivity index (χ1) is 12.5. The van der Waals surface area contributed by atoms with Gasteiger partial charge in [-0.3, -0.25) is 4.79 Å². The summed E-state index contributed by atoms with van der Waals surface area (Å²) >= 11 is 5.99. The van der Waals surface area contributed by atoms with E-state index >= 15 is 0 Å². The topological polar surface area (TPSA) is 84.5 Å². The highest BCUT2D eigenvalue weighted by Crippen LogP contribution is 2.27. The van der Waals surface area contributed by atoms with Gasteiger partial charge in [-0.15, -0.1) is 0 Å². The molecule has 27 heavy (non-hydrogen) atoms. The third kappa shape index (κ3) is 5.00. The molecule has 0 saturated carbocycles. The number of carbonyl (C=O) groups is 1. The predicted molar refractivity (Wildman–Crippen MR) is 107 cm³/mol. The minimum atomic E-state index is -3.92. The van der Waals surface area contributed by atoms with Crippen LogP contribution in [-0.2, 0) is 14.8 Å². The summed E-state index contributed by atoms with van der Waals surface area (Å²) in [6.07, 6.45) is 0. The molecule has 0 spiro atoms. The highest BCUT2D eigenvalue weighted by atomic mass is 35.5. The molecule has 0 heterocycles. The number of rotatable bonds is 6. The van der Waals surface area contributed by atoms with E-state index in [2.05, 4.69) is 10.0 Å². The van der Waals surface area contributed by atoms with Crippen LogP contribution >= 0.6 is 11.6 Å². The molecule has 2 aromatic carbocycles. The summed E-state index contributed by atoms with van der Waals surface area (Å²) in [5, 5.41) is 2.97. The summed E-state index contributed by atoms with van der Waals surface area (Å²) in [4.78, 5) is 12.4. The van der Waals surface area contributed by atoms with E-state index in [1.54, 1.807) is 0 Å². The van der Waals surface area contributed by atoms with Crippen LogP contribution in [0.3, 0.4) is 0 Å². The van der Waals surface area contributed by atoms with Gasteiger partial charge in [0.25, 0.3) is 0 Å². The van der Waals surface area contributed by atoms with Crippen LogP contribution in [0, 0.1) is 20.8 Å². The van der Waals surface area contributed by atoms with Gasteiger partial charge in [0.2, 0.25) is 15.9 Å². The van der Waals surface area contributed by atoms with E-state index in [9.17, 15) is 13.2 Å². The largest absolute Gasteiger partial charge is 0.495 e. The number of carbonyl (C=O) groups excluding carboxylic acids is 1. The number of aryl methyl sites for hydroxylation is 3. The Balaban J connectivity index is 2.17. The molecule has 0 aliphatic heterocycles. The second-order valence-corrected chi connectivity index (χ2v) is 8.52. The molecule has 1 atom stereocenters. The van der Waals surface area contributed by atoms with Crippen LogP contribution in [0.4, 0.5) is 5.69 Å². The maximum atomic E-state index is 12.5. The number of hydrogen-bond acceptors (Lipinski definition) is 4. The second-order valence-electron chi connectivity index (χ2n) is 6.40. The maximum absolute atomic E-state index is 12.5. The molecule has 8 heteroatoms. The van der Waals surface area contributed by atoms with Crippen molar-refractivity contribution in [2.75, 3.05) is 12.4 Å². The zero-order valence-corrected chi connectivity index (χ0v) is 17.5. The van der Waals surface area contributed by atoms with Gasteiger partial charge in [-0.2, -0.15) is 4.72 Å². The molecule has 0 aromatic heterocycles. The minimum Gasteiger partial charge on any atom is -0.495 e. The van der Waals surface area contributed by atoms with E-state index in [1.807, 2.05) is 32.9 Å². The molecule has 2 rings (SSSR count). The minimum absolute atomic E-state index is 0.0457. The Kier molecular flexibility index (Phi) is 6.51. The van der Waals surface area contributed by atoms with Crippen LogP contribution in [0.25, 0.3) is 0 Å². The molecule has 0 bridgehead atoms. The van der Waals surface area contributed by atoms with E-state index in [4.69, 9.17) is 16.3 Å². The van der Waals surface area contributed by atoms with E-state index in [0.29, 0.717) is 11.4 Å². The summed E-state index contributed by atoms with van der Waals surface area (Å²) in [5.74, 6) is -0.0834. The van der Waals surface area contributed by atoms with Gasteiger partial charge < -0.3 is 10.1 Å². The number of methoxy groups -OCH3 is 1. The van der Waals surface area contributed by atoms with Gasteiger partial charge in [0.1, 0.15) is 5.75 Å². The molecule has 146 valence electrons. The lowest BCUT2D eigenvalue weighted by Crippen LogP contribution is -2.41. The van der Waals surface area contributed by atoms with Gasteiger partial charge in [-0.1, -0.05) is 29.3 Å². The van der Waals surface area contributed by atoms with Crippen molar-refractivity contribution >= 4 is 33.2 Å². The zero-order valence-electron chi connectivity index (χ0n) is 15.9. The van der Waals surface area contributed by atoms with Crippen molar-refractivity contribution < 1.29 is 17.9 Å². The molecular weight excluding hydrogens is 388 g/mol. The van der Waals surface area contributed by atoms with Gasteiger partial charge in [0, 0.05) is 5.69 Å². The number of anilines is 1. The molecule has 2 N–H and O–H groups in total. The fourth-order valence-corrected chi connectivity index (χ4v) is 4.33. The number of hydrogen-bond donors (Lipinski definition) is 2. The molecule has 1 amide bonds. The van der Waals surface area contributed by atoms with Gasteiger partial charge >= 0.3 is 0 Å². The average Bonchev–Trinajstić information content (AvgIpc) is 2.57. The van der Waals surface area contributed by atoms with Crippen LogP contribution in [0.5, 0.6) is 5.75 Å². The van der Waals surface area contributed by atoms with Crippen molar-refractivity contribution in [2.45, 2.75) is 38.6 Å². The number of ether oxygens (including phenoxy) is 1. The van der Waals surface area contributed by atoms with Gasteiger partial charge in [0.15, 0.2) is 0 Å². The summed E-state index contributed by atoms with van der Waals surface area (Å²) in [7, 11) is -2.48. The smallest absolute Gasteiger partial charge is 0.242 e. The number of nitrogens with one attached hydrogen (secondary N) is 2. The number of halogens is 1. The Hall–Kier alpha value is -2.09. The van der Waals surface area contributed by atoms with Crippen LogP contribution in [0.1, 0.15) is 23.6 Å². The Labute approximate surface area is 164 Å². The summed E-state index contributed by atoms with van der Waals surface area (Å²) in [6.45, 7) is 7.24. The van der Waals surface area contributed by atoms with E-state index in [1.165, 1.54) is 32.2 Å². The zero-order chi connectivity index (χ0) is 20.4. The molecule has 0 aliphatic carbocycles. The Morgan fingerprint density at radius 2 is 1.70 bits per heavy atom. The third-order valence-corrected chi connectivity index (χ3v) is 5.92. The van der Waals surface area contributed by atoms with E-state index in [-0.39, 0.29) is 9.92 Å². The fraction of sp³-hybridized carbons (Fsp3) is 0.316. The highest BCUT2D eigenvalue weighted by Gasteiger charge is 2.23. The first-order valence-corrected chi connectivity index (χ1v) is 10.2.